The second-order valence-corrected chi connectivity index (χ2v) is 3.52. The normalized spacial score (nSPS) is 10.6. The number of aromatic carboxylic acids is 1. The first-order valence-corrected chi connectivity index (χ1v) is 4.67. The lowest BCUT2D eigenvalue weighted by molar-refractivity contribution is 0.0652. The minimum Gasteiger partial charge on any atom is -0.507 e. The molecule has 0 spiro atoms. The van der Waals surface area contributed by atoms with E-state index in [2.05, 4.69) is 0 Å². The van der Waals surface area contributed by atoms with E-state index in [1.807, 2.05) is 13.8 Å². The Morgan fingerprint density at radius 2 is 2.13 bits per heavy atom. The molecule has 0 saturated heterocycles. The first kappa shape index (κ1) is 11.5. The molecule has 15 heavy (non-hydrogen) atoms. The summed E-state index contributed by atoms with van der Waals surface area (Å²) < 4.78 is 5.33. The van der Waals surface area contributed by atoms with Gasteiger partial charge in [0.05, 0.1) is 12.7 Å². The molecule has 82 valence electrons. The number of hydrogen-bond acceptors (Lipinski definition) is 3. The molecular weight excluding hydrogens is 196 g/mol. The van der Waals surface area contributed by atoms with Crippen LogP contribution in [0, 0.1) is 0 Å². The summed E-state index contributed by atoms with van der Waals surface area (Å²) in [6.45, 7) is 4.15. The summed E-state index contributed by atoms with van der Waals surface area (Å²) in [6.07, 6.45) is 0.0899. The van der Waals surface area contributed by atoms with Crippen LogP contribution < -0.4 is 0 Å². The van der Waals surface area contributed by atoms with Crippen molar-refractivity contribution in [3.8, 4) is 5.75 Å². The molecule has 0 fully saturated rings. The predicted molar refractivity (Wildman–Crippen MR) is 55.0 cm³/mol. The van der Waals surface area contributed by atoms with E-state index in [0.29, 0.717) is 6.61 Å². The Morgan fingerprint density at radius 3 is 2.67 bits per heavy atom. The standard InChI is InChI=1S/C11H14O4/c1-7(2)15-6-8-3-4-10(12)9(5-8)11(13)14/h3-5,7,12H,6H2,1-2H3,(H,13,14). The zero-order valence-electron chi connectivity index (χ0n) is 8.73. The van der Waals surface area contributed by atoms with Crippen LogP contribution in [-0.2, 0) is 11.3 Å². The highest BCUT2D eigenvalue weighted by Crippen LogP contribution is 2.19. The van der Waals surface area contributed by atoms with Crippen molar-refractivity contribution in [1.82, 2.24) is 0 Å². The molecule has 0 amide bonds. The summed E-state index contributed by atoms with van der Waals surface area (Å²) >= 11 is 0. The Hall–Kier alpha value is -1.55. The largest absolute Gasteiger partial charge is 0.507 e. The molecule has 2 N–H and O–H groups in total. The van der Waals surface area contributed by atoms with Gasteiger partial charge in [-0.15, -0.1) is 0 Å². The van der Waals surface area contributed by atoms with Gasteiger partial charge in [0.15, 0.2) is 0 Å². The van der Waals surface area contributed by atoms with Crippen molar-refractivity contribution < 1.29 is 19.7 Å². The first-order valence-electron chi connectivity index (χ1n) is 4.67. The van der Waals surface area contributed by atoms with E-state index in [1.54, 1.807) is 6.07 Å². The lowest BCUT2D eigenvalue weighted by Gasteiger charge is -2.08. The average Bonchev–Trinajstić information content (AvgIpc) is 2.16. The third kappa shape index (κ3) is 3.25. The molecule has 0 aliphatic rings. The fourth-order valence-corrected chi connectivity index (χ4v) is 1.11. The van der Waals surface area contributed by atoms with Crippen LogP contribution in [0.5, 0.6) is 5.75 Å². The third-order valence-electron chi connectivity index (χ3n) is 1.87. The van der Waals surface area contributed by atoms with Gasteiger partial charge in [-0.05, 0) is 31.5 Å². The van der Waals surface area contributed by atoms with E-state index in [-0.39, 0.29) is 17.4 Å². The van der Waals surface area contributed by atoms with Crippen LogP contribution >= 0.6 is 0 Å². The topological polar surface area (TPSA) is 66.8 Å². The van der Waals surface area contributed by atoms with Crippen LogP contribution in [-0.4, -0.2) is 22.3 Å². The van der Waals surface area contributed by atoms with E-state index in [1.165, 1.54) is 12.1 Å². The maximum absolute atomic E-state index is 10.7. The van der Waals surface area contributed by atoms with Crippen molar-refractivity contribution in [3.63, 3.8) is 0 Å². The van der Waals surface area contributed by atoms with Crippen LogP contribution in [0.2, 0.25) is 0 Å². The van der Waals surface area contributed by atoms with E-state index in [0.717, 1.165) is 5.56 Å². The summed E-state index contributed by atoms with van der Waals surface area (Å²) in [5.41, 5.74) is 0.638. The van der Waals surface area contributed by atoms with Crippen LogP contribution in [0.1, 0.15) is 29.8 Å². The van der Waals surface area contributed by atoms with Gasteiger partial charge >= 0.3 is 5.97 Å². The molecule has 0 bridgehead atoms. The van der Waals surface area contributed by atoms with E-state index >= 15 is 0 Å². The van der Waals surface area contributed by atoms with Crippen molar-refractivity contribution in [2.75, 3.05) is 0 Å². The Balaban J connectivity index is 2.83. The molecule has 1 aromatic carbocycles. The van der Waals surface area contributed by atoms with Crippen molar-refractivity contribution in [2.24, 2.45) is 0 Å². The zero-order chi connectivity index (χ0) is 11.4. The molecule has 0 atom stereocenters. The predicted octanol–water partition coefficient (Wildman–Crippen LogP) is 2.02. The molecule has 1 aromatic rings. The zero-order valence-corrected chi connectivity index (χ0v) is 8.73. The summed E-state index contributed by atoms with van der Waals surface area (Å²) in [7, 11) is 0. The smallest absolute Gasteiger partial charge is 0.339 e. The second kappa shape index (κ2) is 4.79. The summed E-state index contributed by atoms with van der Waals surface area (Å²) in [4.78, 5) is 10.7. The van der Waals surface area contributed by atoms with Crippen molar-refractivity contribution in [1.29, 1.82) is 0 Å². The van der Waals surface area contributed by atoms with Crippen LogP contribution in [0.4, 0.5) is 0 Å². The van der Waals surface area contributed by atoms with Gasteiger partial charge in [0.25, 0.3) is 0 Å². The van der Waals surface area contributed by atoms with Gasteiger partial charge in [-0.25, -0.2) is 4.79 Å². The highest BCUT2D eigenvalue weighted by atomic mass is 16.5. The number of aromatic hydroxyl groups is 1. The van der Waals surface area contributed by atoms with E-state index < -0.39 is 5.97 Å². The number of rotatable bonds is 4. The Morgan fingerprint density at radius 1 is 1.47 bits per heavy atom. The molecule has 0 aliphatic carbocycles. The Bertz CT molecular complexity index is 358. The number of carbonyl (C=O) groups is 1. The third-order valence-corrected chi connectivity index (χ3v) is 1.87. The highest BCUT2D eigenvalue weighted by Gasteiger charge is 2.10. The van der Waals surface area contributed by atoms with Gasteiger partial charge in [-0.1, -0.05) is 6.07 Å². The van der Waals surface area contributed by atoms with Gasteiger partial charge in [0.1, 0.15) is 11.3 Å². The number of carboxylic acids is 1. The highest BCUT2D eigenvalue weighted by molar-refractivity contribution is 5.90. The van der Waals surface area contributed by atoms with Gasteiger partial charge in [0.2, 0.25) is 0 Å². The Labute approximate surface area is 88.1 Å². The van der Waals surface area contributed by atoms with Gasteiger partial charge < -0.3 is 14.9 Å². The van der Waals surface area contributed by atoms with Crippen molar-refractivity contribution >= 4 is 5.97 Å². The van der Waals surface area contributed by atoms with Crippen LogP contribution in [0.15, 0.2) is 18.2 Å². The van der Waals surface area contributed by atoms with Gasteiger partial charge in [-0.2, -0.15) is 0 Å². The number of carboxylic acid groups (broad SMARTS) is 1. The fourth-order valence-electron chi connectivity index (χ4n) is 1.11. The average molecular weight is 210 g/mol. The molecule has 0 aliphatic heterocycles. The molecule has 1 rings (SSSR count). The van der Waals surface area contributed by atoms with Crippen LogP contribution in [0.25, 0.3) is 0 Å². The number of ether oxygens (including phenoxy) is 1. The lowest BCUT2D eigenvalue weighted by atomic mass is 10.1. The van der Waals surface area contributed by atoms with E-state index in [9.17, 15) is 9.90 Å². The van der Waals surface area contributed by atoms with Crippen molar-refractivity contribution in [3.05, 3.63) is 29.3 Å². The molecule has 0 saturated carbocycles. The molecule has 0 heterocycles. The molecule has 0 aromatic heterocycles. The molecule has 4 nitrogen and oxygen atoms in total. The SMILES string of the molecule is CC(C)OCc1ccc(O)c(C(=O)O)c1. The fraction of sp³-hybridized carbons (Fsp3) is 0.364. The minimum absolute atomic E-state index is 0.0899. The summed E-state index contributed by atoms with van der Waals surface area (Å²) in [5.74, 6) is -1.37. The maximum Gasteiger partial charge on any atom is 0.339 e. The van der Waals surface area contributed by atoms with Gasteiger partial charge in [0, 0.05) is 0 Å². The quantitative estimate of drug-likeness (QED) is 0.797. The summed E-state index contributed by atoms with van der Waals surface area (Å²) in [5, 5.41) is 18.0. The molecular formula is C11H14O4. The molecule has 0 radical (unpaired) electrons. The monoisotopic (exact) mass is 210 g/mol. The summed E-state index contributed by atoms with van der Waals surface area (Å²) in [6, 6.07) is 4.42. The van der Waals surface area contributed by atoms with Crippen LogP contribution in [0.3, 0.4) is 0 Å². The lowest BCUT2D eigenvalue weighted by Crippen LogP contribution is -2.04. The Kier molecular flexibility index (Phi) is 3.68. The number of phenols is 1. The van der Waals surface area contributed by atoms with Crippen molar-refractivity contribution in [2.45, 2.75) is 26.6 Å². The number of benzene rings is 1. The van der Waals surface area contributed by atoms with Gasteiger partial charge in [-0.3, -0.25) is 0 Å². The first-order chi connectivity index (χ1) is 7.00. The molecule has 4 heteroatoms. The second-order valence-electron chi connectivity index (χ2n) is 3.52. The molecule has 0 unspecified atom stereocenters. The van der Waals surface area contributed by atoms with E-state index in [4.69, 9.17) is 9.84 Å². The number of hydrogen-bond donors (Lipinski definition) is 2. The maximum atomic E-state index is 10.7. The minimum atomic E-state index is -1.14.